The van der Waals surface area contributed by atoms with Gasteiger partial charge < -0.3 is 14.9 Å². The molecular weight excluding hydrogens is 324 g/mol. The highest BCUT2D eigenvalue weighted by molar-refractivity contribution is 9.10. The summed E-state index contributed by atoms with van der Waals surface area (Å²) in [6, 6.07) is 10.5. The number of rotatable bonds is 4. The third-order valence-corrected chi connectivity index (χ3v) is 3.42. The Morgan fingerprint density at radius 2 is 1.90 bits per heavy atom. The molecule has 0 saturated carbocycles. The molecule has 5 heteroatoms. The third kappa shape index (κ3) is 3.30. The van der Waals surface area contributed by atoms with Gasteiger partial charge in [-0.05, 0) is 34.5 Å². The fourth-order valence-corrected chi connectivity index (χ4v) is 2.13. The normalized spacial score (nSPS) is 10.3. The highest BCUT2D eigenvalue weighted by Gasteiger charge is 2.14. The van der Waals surface area contributed by atoms with Gasteiger partial charge in [-0.15, -0.1) is 0 Å². The van der Waals surface area contributed by atoms with Crippen molar-refractivity contribution in [3.05, 3.63) is 57.6 Å². The van der Waals surface area contributed by atoms with Crippen LogP contribution in [0.5, 0.6) is 11.5 Å². The SMILES string of the molecule is Cc1ccc(COc2cc(O)c(C(=O)O)cc2Br)cc1. The molecule has 104 valence electrons. The number of carboxylic acids is 1. The average molecular weight is 337 g/mol. The Balaban J connectivity index is 2.16. The Labute approximate surface area is 124 Å². The summed E-state index contributed by atoms with van der Waals surface area (Å²) in [5.41, 5.74) is 1.99. The van der Waals surface area contributed by atoms with Gasteiger partial charge in [0.2, 0.25) is 0 Å². The second-order valence-corrected chi connectivity index (χ2v) is 5.23. The van der Waals surface area contributed by atoms with E-state index in [1.807, 2.05) is 31.2 Å². The molecule has 0 bridgehead atoms. The molecule has 2 aromatic carbocycles. The molecule has 0 amide bonds. The maximum Gasteiger partial charge on any atom is 0.339 e. The second-order valence-electron chi connectivity index (χ2n) is 4.38. The van der Waals surface area contributed by atoms with Gasteiger partial charge in [0, 0.05) is 6.07 Å². The van der Waals surface area contributed by atoms with Crippen molar-refractivity contribution in [3.63, 3.8) is 0 Å². The van der Waals surface area contributed by atoms with E-state index in [2.05, 4.69) is 15.9 Å². The van der Waals surface area contributed by atoms with E-state index >= 15 is 0 Å². The first kappa shape index (κ1) is 14.4. The van der Waals surface area contributed by atoms with Crippen molar-refractivity contribution in [2.45, 2.75) is 13.5 Å². The van der Waals surface area contributed by atoms with Crippen LogP contribution in [-0.4, -0.2) is 16.2 Å². The number of hydrogen-bond acceptors (Lipinski definition) is 3. The number of aromatic hydroxyl groups is 1. The van der Waals surface area contributed by atoms with Gasteiger partial charge >= 0.3 is 5.97 Å². The molecule has 0 fully saturated rings. The molecule has 2 N–H and O–H groups in total. The summed E-state index contributed by atoms with van der Waals surface area (Å²) in [7, 11) is 0. The molecule has 0 unspecified atom stereocenters. The standard InChI is InChI=1S/C15H13BrO4/c1-9-2-4-10(5-3-9)8-20-14-7-13(17)11(15(18)19)6-12(14)16/h2-7,17H,8H2,1H3,(H,18,19). The smallest absolute Gasteiger partial charge is 0.339 e. The van der Waals surface area contributed by atoms with Gasteiger partial charge in [-0.2, -0.15) is 0 Å². The Morgan fingerprint density at radius 1 is 1.25 bits per heavy atom. The van der Waals surface area contributed by atoms with Crippen LogP contribution in [-0.2, 0) is 6.61 Å². The maximum atomic E-state index is 10.9. The molecule has 0 atom stereocenters. The van der Waals surface area contributed by atoms with Crippen molar-refractivity contribution in [2.24, 2.45) is 0 Å². The summed E-state index contributed by atoms with van der Waals surface area (Å²) in [5.74, 6) is -1.11. The minimum atomic E-state index is -1.19. The molecule has 2 rings (SSSR count). The number of ether oxygens (including phenoxy) is 1. The van der Waals surface area contributed by atoms with E-state index in [4.69, 9.17) is 9.84 Å². The van der Waals surface area contributed by atoms with Crippen LogP contribution in [0.15, 0.2) is 40.9 Å². The number of carboxylic acid groups (broad SMARTS) is 1. The molecule has 0 aliphatic heterocycles. The molecule has 0 radical (unpaired) electrons. The number of aryl methyl sites for hydroxylation is 1. The minimum Gasteiger partial charge on any atom is -0.507 e. The first-order valence-electron chi connectivity index (χ1n) is 5.91. The molecule has 0 saturated heterocycles. The topological polar surface area (TPSA) is 66.8 Å². The van der Waals surface area contributed by atoms with Gasteiger partial charge in [0.1, 0.15) is 23.7 Å². The van der Waals surface area contributed by atoms with Crippen molar-refractivity contribution in [2.75, 3.05) is 0 Å². The van der Waals surface area contributed by atoms with Crippen LogP contribution in [0.25, 0.3) is 0 Å². The van der Waals surface area contributed by atoms with Crippen LogP contribution in [0.2, 0.25) is 0 Å². The lowest BCUT2D eigenvalue weighted by molar-refractivity contribution is 0.0693. The van der Waals surface area contributed by atoms with Crippen molar-refractivity contribution in [1.82, 2.24) is 0 Å². The lowest BCUT2D eigenvalue weighted by atomic mass is 10.1. The van der Waals surface area contributed by atoms with E-state index in [1.54, 1.807) is 0 Å². The lowest BCUT2D eigenvalue weighted by Gasteiger charge is -2.10. The number of aromatic carboxylic acids is 1. The van der Waals surface area contributed by atoms with Crippen molar-refractivity contribution in [3.8, 4) is 11.5 Å². The van der Waals surface area contributed by atoms with Gasteiger partial charge in [-0.1, -0.05) is 29.8 Å². The molecule has 0 aliphatic rings. The van der Waals surface area contributed by atoms with Gasteiger partial charge in [0.15, 0.2) is 0 Å². The highest BCUT2D eigenvalue weighted by atomic mass is 79.9. The first-order valence-corrected chi connectivity index (χ1v) is 6.71. The van der Waals surface area contributed by atoms with E-state index in [-0.39, 0.29) is 11.3 Å². The van der Waals surface area contributed by atoms with Crippen LogP contribution < -0.4 is 4.74 Å². The predicted molar refractivity (Wildman–Crippen MR) is 78.3 cm³/mol. The van der Waals surface area contributed by atoms with Gasteiger partial charge in [-0.25, -0.2) is 4.79 Å². The molecule has 20 heavy (non-hydrogen) atoms. The van der Waals surface area contributed by atoms with Gasteiger partial charge in [-0.3, -0.25) is 0 Å². The fraction of sp³-hybridized carbons (Fsp3) is 0.133. The zero-order valence-electron chi connectivity index (χ0n) is 10.8. The van der Waals surface area contributed by atoms with E-state index < -0.39 is 5.97 Å². The summed E-state index contributed by atoms with van der Waals surface area (Å²) in [4.78, 5) is 10.9. The van der Waals surface area contributed by atoms with Crippen LogP contribution in [0.1, 0.15) is 21.5 Å². The van der Waals surface area contributed by atoms with Crippen LogP contribution in [0.3, 0.4) is 0 Å². The Kier molecular flexibility index (Phi) is 4.29. The van der Waals surface area contributed by atoms with Crippen molar-refractivity contribution >= 4 is 21.9 Å². The van der Waals surface area contributed by atoms with E-state index in [0.29, 0.717) is 16.8 Å². The van der Waals surface area contributed by atoms with Crippen LogP contribution in [0.4, 0.5) is 0 Å². The first-order chi connectivity index (χ1) is 9.47. The third-order valence-electron chi connectivity index (χ3n) is 2.80. The summed E-state index contributed by atoms with van der Waals surface area (Å²) in [5, 5.41) is 18.5. The average Bonchev–Trinajstić information content (AvgIpc) is 2.41. The summed E-state index contributed by atoms with van der Waals surface area (Å²) >= 11 is 3.24. The van der Waals surface area contributed by atoms with Gasteiger partial charge in [0.25, 0.3) is 0 Å². The number of benzene rings is 2. The van der Waals surface area contributed by atoms with E-state index in [9.17, 15) is 9.90 Å². The lowest BCUT2D eigenvalue weighted by Crippen LogP contribution is -2.00. The molecule has 0 spiro atoms. The second kappa shape index (κ2) is 5.96. The number of phenols is 1. The highest BCUT2D eigenvalue weighted by Crippen LogP contribution is 2.32. The molecule has 0 heterocycles. The summed E-state index contributed by atoms with van der Waals surface area (Å²) < 4.78 is 6.06. The number of carbonyl (C=O) groups is 1. The Morgan fingerprint density at radius 3 is 2.50 bits per heavy atom. The fourth-order valence-electron chi connectivity index (χ4n) is 1.67. The largest absolute Gasteiger partial charge is 0.507 e. The van der Waals surface area contributed by atoms with Gasteiger partial charge in [0.05, 0.1) is 4.47 Å². The van der Waals surface area contributed by atoms with E-state index in [0.717, 1.165) is 5.56 Å². The van der Waals surface area contributed by atoms with Crippen LogP contribution in [0, 0.1) is 6.92 Å². The maximum absolute atomic E-state index is 10.9. The number of halogens is 1. The van der Waals surface area contributed by atoms with Crippen LogP contribution >= 0.6 is 15.9 Å². The summed E-state index contributed by atoms with van der Waals surface area (Å²) in [6.45, 7) is 2.34. The Hall–Kier alpha value is -2.01. The predicted octanol–water partition coefficient (Wildman–Crippen LogP) is 3.74. The molecule has 0 aliphatic carbocycles. The molecule has 2 aromatic rings. The monoisotopic (exact) mass is 336 g/mol. The minimum absolute atomic E-state index is 0.167. The van der Waals surface area contributed by atoms with Crippen molar-refractivity contribution < 1.29 is 19.7 Å². The van der Waals surface area contributed by atoms with E-state index in [1.165, 1.54) is 17.7 Å². The zero-order valence-corrected chi connectivity index (χ0v) is 12.3. The quantitative estimate of drug-likeness (QED) is 0.892. The number of hydrogen-bond donors (Lipinski definition) is 2. The molecule has 0 aromatic heterocycles. The zero-order chi connectivity index (χ0) is 14.7. The van der Waals surface area contributed by atoms with Crippen molar-refractivity contribution in [1.29, 1.82) is 0 Å². The Bertz CT molecular complexity index is 635. The summed E-state index contributed by atoms with van der Waals surface area (Å²) in [6.07, 6.45) is 0. The molecular formula is C15H13BrO4. The molecule has 4 nitrogen and oxygen atoms in total.